The van der Waals surface area contributed by atoms with Gasteiger partial charge in [0, 0.05) is 98.2 Å². The molecule has 0 aliphatic carbocycles. The average Bonchev–Trinajstić information content (AvgIpc) is 3.23. The van der Waals surface area contributed by atoms with E-state index in [1.165, 1.54) is 135 Å². The molecule has 0 saturated carbocycles. The maximum atomic E-state index is 11.2. The van der Waals surface area contributed by atoms with Gasteiger partial charge in [0.15, 0.2) is 0 Å². The van der Waals surface area contributed by atoms with Crippen LogP contribution in [0.4, 0.5) is 0 Å². The van der Waals surface area contributed by atoms with Crippen molar-refractivity contribution in [2.75, 3.05) is 98.2 Å². The molecule has 10 nitrogen and oxygen atoms in total. The molecular weight excluding hydrogens is 775 g/mol. The molecule has 62 heavy (non-hydrogen) atoms. The van der Waals surface area contributed by atoms with Crippen molar-refractivity contribution in [2.45, 2.75) is 239 Å². The third-order valence-corrected chi connectivity index (χ3v) is 13.3. The lowest BCUT2D eigenvalue weighted by atomic mass is 10.1. The summed E-state index contributed by atoms with van der Waals surface area (Å²) in [5, 5.41) is 53.7. The number of aliphatic hydroxyl groups excluding tert-OH is 5. The van der Waals surface area contributed by atoms with Crippen molar-refractivity contribution in [3.8, 4) is 0 Å². The van der Waals surface area contributed by atoms with Gasteiger partial charge in [0.1, 0.15) is 0 Å². The van der Waals surface area contributed by atoms with Crippen LogP contribution in [-0.2, 0) is 0 Å². The first kappa shape index (κ1) is 59.6. The van der Waals surface area contributed by atoms with Crippen molar-refractivity contribution < 1.29 is 25.5 Å². The van der Waals surface area contributed by atoms with Gasteiger partial charge in [-0.25, -0.2) is 0 Å². The van der Waals surface area contributed by atoms with Crippen molar-refractivity contribution >= 4 is 0 Å². The van der Waals surface area contributed by atoms with Gasteiger partial charge in [-0.15, -0.1) is 0 Å². The number of aliphatic hydroxyl groups is 5. The second-order valence-electron chi connectivity index (χ2n) is 20.0. The van der Waals surface area contributed by atoms with Gasteiger partial charge < -0.3 is 25.5 Å². The molecule has 1 aliphatic heterocycles. The molecule has 1 aliphatic rings. The SMILES string of the molecule is CCCCCCCCCCC(O)CN(CCN1CCN(CCN(CC(C)O)CC(O)CCCCCCCCCC)CC1)CCN(CC(C)O)CC(O)CCCCCCCCCC. The monoisotopic (exact) mass is 884 g/mol. The van der Waals surface area contributed by atoms with Crippen LogP contribution in [0.1, 0.15) is 208 Å². The summed E-state index contributed by atoms with van der Waals surface area (Å²) in [6, 6.07) is 0. The summed E-state index contributed by atoms with van der Waals surface area (Å²) in [7, 11) is 0. The Morgan fingerprint density at radius 3 is 0.919 bits per heavy atom. The number of hydrogen-bond donors (Lipinski definition) is 5. The molecule has 1 saturated heterocycles. The van der Waals surface area contributed by atoms with Crippen LogP contribution in [0.3, 0.4) is 0 Å². The highest BCUT2D eigenvalue weighted by Gasteiger charge is 2.22. The zero-order valence-corrected chi connectivity index (χ0v) is 42.1. The summed E-state index contributed by atoms with van der Waals surface area (Å²) in [5.41, 5.74) is 0. The molecule has 0 aromatic rings. The van der Waals surface area contributed by atoms with Gasteiger partial charge in [-0.3, -0.25) is 24.5 Å². The van der Waals surface area contributed by atoms with E-state index in [2.05, 4.69) is 45.3 Å². The van der Waals surface area contributed by atoms with E-state index in [1.54, 1.807) is 0 Å². The first-order chi connectivity index (χ1) is 30.1. The van der Waals surface area contributed by atoms with E-state index in [0.29, 0.717) is 32.7 Å². The minimum absolute atomic E-state index is 0.337. The van der Waals surface area contributed by atoms with Gasteiger partial charge in [-0.1, -0.05) is 175 Å². The van der Waals surface area contributed by atoms with Crippen molar-refractivity contribution in [3.05, 3.63) is 0 Å². The van der Waals surface area contributed by atoms with Crippen LogP contribution in [-0.4, -0.2) is 179 Å². The number of unbranched alkanes of at least 4 members (excludes halogenated alkanes) is 21. The standard InChI is InChI=1S/C52H109N5O5/c1-6-9-12-15-18-21-24-27-30-50(60)45-55(40-42-57(44-49(5)59)47-52(62)32-29-26-23-20-17-14-11-8-3)39-37-53-33-35-54(36-34-53)38-41-56(43-48(4)58)46-51(61)31-28-25-22-19-16-13-10-7-2/h48-52,58-62H,6-47H2,1-5H3. The molecule has 0 aromatic carbocycles. The number of hydrogen-bond acceptors (Lipinski definition) is 10. The molecule has 5 unspecified atom stereocenters. The Morgan fingerprint density at radius 1 is 0.339 bits per heavy atom. The highest BCUT2D eigenvalue weighted by atomic mass is 16.3. The molecule has 1 fully saturated rings. The van der Waals surface area contributed by atoms with Gasteiger partial charge in [-0.05, 0) is 33.1 Å². The van der Waals surface area contributed by atoms with Gasteiger partial charge >= 0.3 is 0 Å². The molecule has 0 aromatic heterocycles. The van der Waals surface area contributed by atoms with Gasteiger partial charge in [0.05, 0.1) is 30.5 Å². The number of piperazine rings is 1. The maximum Gasteiger partial charge on any atom is 0.0667 e. The minimum atomic E-state index is -0.452. The lowest BCUT2D eigenvalue weighted by Gasteiger charge is -2.37. The van der Waals surface area contributed by atoms with Crippen molar-refractivity contribution in [1.82, 2.24) is 24.5 Å². The summed E-state index contributed by atoms with van der Waals surface area (Å²) >= 11 is 0. The third-order valence-electron chi connectivity index (χ3n) is 13.3. The Balaban J connectivity index is 2.64. The predicted molar refractivity (Wildman–Crippen MR) is 265 cm³/mol. The second kappa shape index (κ2) is 42.0. The summed E-state index contributed by atoms with van der Waals surface area (Å²) in [4.78, 5) is 12.0. The summed E-state index contributed by atoms with van der Waals surface area (Å²) in [5.74, 6) is 0. The molecule has 0 amide bonds. The zero-order chi connectivity index (χ0) is 45.5. The Kier molecular flexibility index (Phi) is 40.4. The Morgan fingerprint density at radius 2 is 0.597 bits per heavy atom. The molecule has 372 valence electrons. The molecule has 1 rings (SSSR count). The van der Waals surface area contributed by atoms with Crippen LogP contribution in [0, 0.1) is 0 Å². The second-order valence-corrected chi connectivity index (χ2v) is 20.0. The van der Waals surface area contributed by atoms with E-state index < -0.39 is 12.2 Å². The van der Waals surface area contributed by atoms with E-state index in [4.69, 9.17) is 0 Å². The topological polar surface area (TPSA) is 117 Å². The Hall–Kier alpha value is -0.400. The summed E-state index contributed by atoms with van der Waals surface area (Å²) in [6.07, 6.45) is 31.0. The van der Waals surface area contributed by atoms with Crippen LogP contribution in [0.2, 0.25) is 0 Å². The van der Waals surface area contributed by atoms with Crippen molar-refractivity contribution in [2.24, 2.45) is 0 Å². The normalized spacial score (nSPS) is 16.8. The molecule has 1 heterocycles. The predicted octanol–water partition coefficient (Wildman–Crippen LogP) is 8.95. The maximum absolute atomic E-state index is 11.2. The third kappa shape index (κ3) is 36.8. The Labute approximate surface area is 385 Å². The number of rotatable bonds is 46. The van der Waals surface area contributed by atoms with Gasteiger partial charge in [0.2, 0.25) is 0 Å². The molecule has 0 bridgehead atoms. The Bertz CT molecular complexity index is 926. The van der Waals surface area contributed by atoms with Crippen LogP contribution in [0.15, 0.2) is 0 Å². The van der Waals surface area contributed by atoms with E-state index in [-0.39, 0.29) is 18.3 Å². The smallest absolute Gasteiger partial charge is 0.0667 e. The van der Waals surface area contributed by atoms with E-state index >= 15 is 0 Å². The largest absolute Gasteiger partial charge is 0.392 e. The quantitative estimate of drug-likeness (QED) is 0.0380. The summed E-state index contributed by atoms with van der Waals surface area (Å²) < 4.78 is 0. The van der Waals surface area contributed by atoms with E-state index in [9.17, 15) is 25.5 Å². The van der Waals surface area contributed by atoms with Crippen molar-refractivity contribution in [3.63, 3.8) is 0 Å². The molecule has 5 atom stereocenters. The van der Waals surface area contributed by atoms with Gasteiger partial charge in [-0.2, -0.15) is 0 Å². The highest BCUT2D eigenvalue weighted by molar-refractivity contribution is 4.78. The lowest BCUT2D eigenvalue weighted by molar-refractivity contribution is 0.0478. The fourth-order valence-electron chi connectivity index (χ4n) is 9.35. The minimum Gasteiger partial charge on any atom is -0.392 e. The van der Waals surface area contributed by atoms with Crippen LogP contribution in [0.25, 0.3) is 0 Å². The molecule has 0 radical (unpaired) electrons. The van der Waals surface area contributed by atoms with E-state index in [1.807, 2.05) is 13.8 Å². The molecular formula is C52H109N5O5. The molecule has 10 heteroatoms. The van der Waals surface area contributed by atoms with Gasteiger partial charge in [0.25, 0.3) is 0 Å². The fraction of sp³-hybridized carbons (Fsp3) is 1.00. The van der Waals surface area contributed by atoms with Crippen molar-refractivity contribution in [1.29, 1.82) is 0 Å². The number of nitrogens with zero attached hydrogens (tertiary/aromatic N) is 5. The van der Waals surface area contributed by atoms with Crippen LogP contribution >= 0.6 is 0 Å². The van der Waals surface area contributed by atoms with Crippen LogP contribution < -0.4 is 0 Å². The first-order valence-electron chi connectivity index (χ1n) is 27.1. The zero-order valence-electron chi connectivity index (χ0n) is 42.1. The van der Waals surface area contributed by atoms with E-state index in [0.717, 1.165) is 104 Å². The average molecular weight is 884 g/mol. The first-order valence-corrected chi connectivity index (χ1v) is 27.1. The lowest BCUT2D eigenvalue weighted by Crippen LogP contribution is -2.51. The highest BCUT2D eigenvalue weighted by Crippen LogP contribution is 2.15. The molecule has 5 N–H and O–H groups in total. The molecule has 0 spiro atoms. The fourth-order valence-corrected chi connectivity index (χ4v) is 9.35. The summed E-state index contributed by atoms with van der Waals surface area (Å²) in [6.45, 7) is 22.9. The van der Waals surface area contributed by atoms with Crippen LogP contribution in [0.5, 0.6) is 0 Å².